The third kappa shape index (κ3) is 5.04. The predicted molar refractivity (Wildman–Crippen MR) is 137 cm³/mol. The molecule has 0 aliphatic heterocycles. The largest absolute Gasteiger partial charge is 0.329 e. The fourth-order valence-electron chi connectivity index (χ4n) is 4.39. The molecule has 0 saturated heterocycles. The van der Waals surface area contributed by atoms with Gasteiger partial charge in [-0.15, -0.1) is 0 Å². The van der Waals surface area contributed by atoms with Crippen LogP contribution in [0.2, 0.25) is 0 Å². The maximum Gasteiger partial charge on any atom is 0.329 e. The monoisotopic (exact) mass is 483 g/mol. The fraction of sp³-hybridized carbons (Fsp3) is 0.179. The Morgan fingerprint density at radius 1 is 0.806 bits per heavy atom. The first-order valence-electron chi connectivity index (χ1n) is 11.7. The summed E-state index contributed by atoms with van der Waals surface area (Å²) in [5.74, 6) is 0.319. The molecule has 0 aliphatic rings. The van der Waals surface area contributed by atoms with Crippen LogP contribution in [0.5, 0.6) is 0 Å². The zero-order valence-corrected chi connectivity index (χ0v) is 19.9. The van der Waals surface area contributed by atoms with Gasteiger partial charge in [0.05, 0.1) is 6.54 Å². The maximum atomic E-state index is 13.5. The molecule has 2 heterocycles. The Morgan fingerprint density at radius 2 is 1.39 bits per heavy atom. The van der Waals surface area contributed by atoms with Crippen molar-refractivity contribution in [1.29, 1.82) is 0 Å². The van der Waals surface area contributed by atoms with Crippen molar-refractivity contribution in [3.63, 3.8) is 0 Å². The van der Waals surface area contributed by atoms with Crippen LogP contribution >= 0.6 is 0 Å². The normalized spacial score (nSPS) is 11.4. The first-order valence-corrected chi connectivity index (χ1v) is 11.7. The van der Waals surface area contributed by atoms with Crippen LogP contribution in [-0.2, 0) is 33.2 Å². The lowest BCUT2D eigenvalue weighted by Crippen LogP contribution is -2.29. The Morgan fingerprint density at radius 3 is 1.97 bits per heavy atom. The second-order valence-electron chi connectivity index (χ2n) is 8.85. The summed E-state index contributed by atoms with van der Waals surface area (Å²) in [7, 11) is 1.59. The van der Waals surface area contributed by atoms with E-state index in [-0.39, 0.29) is 5.82 Å². The number of fused-ring (bicyclic) bond motifs is 1. The molecule has 0 spiro atoms. The van der Waals surface area contributed by atoms with Crippen molar-refractivity contribution in [2.24, 2.45) is 7.05 Å². The second-order valence-corrected chi connectivity index (χ2v) is 8.85. The van der Waals surface area contributed by atoms with E-state index in [9.17, 15) is 14.0 Å². The molecule has 0 aliphatic carbocycles. The third-order valence-electron chi connectivity index (χ3n) is 6.20. The summed E-state index contributed by atoms with van der Waals surface area (Å²) in [5, 5.41) is 0. The molecule has 5 aromatic rings. The van der Waals surface area contributed by atoms with Crippen LogP contribution in [0.15, 0.2) is 94.5 Å². The Hall–Kier alpha value is -4.30. The number of benzene rings is 3. The number of imidazole rings is 1. The van der Waals surface area contributed by atoms with Gasteiger partial charge < -0.3 is 4.57 Å². The summed E-state index contributed by atoms with van der Waals surface area (Å²) >= 11 is 0. The minimum atomic E-state index is -0.518. The number of nitrogens with zero attached hydrogens (tertiary/aromatic N) is 4. The van der Waals surface area contributed by atoms with Gasteiger partial charge in [0.2, 0.25) is 0 Å². The van der Waals surface area contributed by atoms with Crippen molar-refractivity contribution < 1.29 is 4.39 Å². The lowest BCUT2D eigenvalue weighted by molar-refractivity contribution is 0.238. The molecule has 0 saturated carbocycles. The van der Waals surface area contributed by atoms with Crippen LogP contribution in [0.3, 0.4) is 0 Å². The van der Waals surface area contributed by atoms with Crippen molar-refractivity contribution in [1.82, 2.24) is 24.0 Å². The quantitative estimate of drug-likeness (QED) is 0.364. The van der Waals surface area contributed by atoms with Crippen molar-refractivity contribution in [3.05, 3.63) is 134 Å². The summed E-state index contributed by atoms with van der Waals surface area (Å²) < 4.78 is 16.7. The molecule has 182 valence electrons. The summed E-state index contributed by atoms with van der Waals surface area (Å²) in [5.41, 5.74) is 2.75. The van der Waals surface area contributed by atoms with E-state index in [0.717, 1.165) is 16.7 Å². The van der Waals surface area contributed by atoms with Crippen molar-refractivity contribution in [2.45, 2.75) is 26.2 Å². The van der Waals surface area contributed by atoms with Crippen molar-refractivity contribution in [3.8, 4) is 0 Å². The highest BCUT2D eigenvalue weighted by molar-refractivity contribution is 5.71. The minimum absolute atomic E-state index is 0.316. The van der Waals surface area contributed by atoms with Gasteiger partial charge in [-0.3, -0.25) is 19.2 Å². The van der Waals surface area contributed by atoms with E-state index in [4.69, 9.17) is 4.98 Å². The first-order chi connectivity index (χ1) is 17.5. The van der Waals surface area contributed by atoms with Gasteiger partial charge in [0, 0.05) is 26.7 Å². The molecule has 5 rings (SSSR count). The molecule has 0 amide bonds. The minimum Gasteiger partial charge on any atom is -0.317 e. The summed E-state index contributed by atoms with van der Waals surface area (Å²) in [6.07, 6.45) is 0. The van der Waals surface area contributed by atoms with Crippen LogP contribution in [0.1, 0.15) is 22.5 Å². The molecule has 0 bridgehead atoms. The Bertz CT molecular complexity index is 1550. The molecule has 7 nitrogen and oxygen atoms in total. The van der Waals surface area contributed by atoms with E-state index in [1.165, 1.54) is 16.7 Å². The summed E-state index contributed by atoms with van der Waals surface area (Å²) in [6, 6.07) is 26.5. The maximum absolute atomic E-state index is 13.5. The van der Waals surface area contributed by atoms with E-state index in [1.807, 2.05) is 41.0 Å². The Kier molecular flexibility index (Phi) is 6.60. The lowest BCUT2D eigenvalue weighted by atomic mass is 10.1. The number of aromatic nitrogens is 4. The van der Waals surface area contributed by atoms with Gasteiger partial charge in [-0.2, -0.15) is 0 Å². The van der Waals surface area contributed by atoms with E-state index in [2.05, 4.69) is 34.1 Å². The zero-order chi connectivity index (χ0) is 25.1. The topological polar surface area (TPSA) is 75.9 Å². The van der Waals surface area contributed by atoms with Crippen LogP contribution in [0.4, 0.5) is 4.39 Å². The number of hydrogen-bond donors (Lipinski definition) is 1. The highest BCUT2D eigenvalue weighted by Crippen LogP contribution is 2.19. The number of H-pyrrole nitrogens is 1. The van der Waals surface area contributed by atoms with Crippen molar-refractivity contribution >= 4 is 11.2 Å². The standard InChI is InChI=1S/C28H26FN5O2/c1-32-26-25(27(35)31-28(32)36)34(18-22-12-14-23(29)15-13-22)24(30-26)19-33(16-20-8-4-2-5-9-20)17-21-10-6-3-7-11-21/h2-15H,16-19H2,1H3,(H,31,35,36). The van der Waals surface area contributed by atoms with Crippen LogP contribution in [0, 0.1) is 5.82 Å². The predicted octanol–water partition coefficient (Wildman–Crippen LogP) is 3.81. The van der Waals surface area contributed by atoms with Crippen LogP contribution in [-0.4, -0.2) is 24.0 Å². The molecular formula is C28H26FN5O2. The SMILES string of the molecule is Cn1c(=O)[nH]c(=O)c2c1nc(CN(Cc1ccccc1)Cc1ccccc1)n2Cc1ccc(F)cc1. The average molecular weight is 484 g/mol. The number of rotatable bonds is 8. The second kappa shape index (κ2) is 10.1. The average Bonchev–Trinajstić information content (AvgIpc) is 3.23. The van der Waals surface area contributed by atoms with E-state index < -0.39 is 11.2 Å². The molecule has 0 atom stereocenters. The van der Waals surface area contributed by atoms with Gasteiger partial charge in [0.25, 0.3) is 5.56 Å². The molecule has 1 N–H and O–H groups in total. The molecule has 36 heavy (non-hydrogen) atoms. The smallest absolute Gasteiger partial charge is 0.317 e. The van der Waals surface area contributed by atoms with E-state index in [1.54, 1.807) is 19.2 Å². The molecular weight excluding hydrogens is 457 g/mol. The van der Waals surface area contributed by atoms with E-state index in [0.29, 0.717) is 43.2 Å². The summed E-state index contributed by atoms with van der Waals surface area (Å²) in [6.45, 7) is 2.10. The van der Waals surface area contributed by atoms with Gasteiger partial charge in [-0.1, -0.05) is 72.8 Å². The number of aromatic amines is 1. The molecule has 0 fully saturated rings. The number of halogens is 1. The third-order valence-corrected chi connectivity index (χ3v) is 6.20. The van der Waals surface area contributed by atoms with Gasteiger partial charge in [0.1, 0.15) is 11.6 Å². The van der Waals surface area contributed by atoms with Gasteiger partial charge in [-0.05, 0) is 28.8 Å². The van der Waals surface area contributed by atoms with Crippen molar-refractivity contribution in [2.75, 3.05) is 0 Å². The van der Waals surface area contributed by atoms with E-state index >= 15 is 0 Å². The number of aryl methyl sites for hydroxylation is 1. The fourth-order valence-corrected chi connectivity index (χ4v) is 4.39. The zero-order valence-electron chi connectivity index (χ0n) is 19.9. The van der Waals surface area contributed by atoms with Gasteiger partial charge in [0.15, 0.2) is 11.2 Å². The molecule has 0 unspecified atom stereocenters. The highest BCUT2D eigenvalue weighted by atomic mass is 19.1. The molecule has 3 aromatic carbocycles. The lowest BCUT2D eigenvalue weighted by Gasteiger charge is -2.23. The molecule has 0 radical (unpaired) electrons. The van der Waals surface area contributed by atoms with Gasteiger partial charge >= 0.3 is 5.69 Å². The van der Waals surface area contributed by atoms with Gasteiger partial charge in [-0.25, -0.2) is 14.2 Å². The van der Waals surface area contributed by atoms with Crippen LogP contribution in [0.25, 0.3) is 11.2 Å². The first kappa shape index (κ1) is 23.4. The highest BCUT2D eigenvalue weighted by Gasteiger charge is 2.20. The Labute approximate surface area is 207 Å². The molecule has 2 aromatic heterocycles. The van der Waals surface area contributed by atoms with Crippen LogP contribution < -0.4 is 11.2 Å². The number of nitrogens with one attached hydrogen (secondary N) is 1. The molecule has 8 heteroatoms. The summed E-state index contributed by atoms with van der Waals surface area (Å²) in [4.78, 5) is 34.6. The number of hydrogen-bond acceptors (Lipinski definition) is 4. The Balaban J connectivity index is 1.59.